The van der Waals surface area contributed by atoms with Gasteiger partial charge in [-0.2, -0.15) is 0 Å². The smallest absolute Gasteiger partial charge is 0.309 e. The van der Waals surface area contributed by atoms with Gasteiger partial charge in [0.15, 0.2) is 11.7 Å². The first kappa shape index (κ1) is 20.6. The Morgan fingerprint density at radius 2 is 1.72 bits per heavy atom. The molecule has 0 radical (unpaired) electrons. The fourth-order valence-electron chi connectivity index (χ4n) is 5.61. The average molecular weight is 415 g/mol. The Bertz CT molecular complexity index is 840. The monoisotopic (exact) mass is 415 g/mol. The number of carbonyl (C=O) groups is 3. The van der Waals surface area contributed by atoms with Crippen molar-refractivity contribution in [3.63, 3.8) is 0 Å². The molecule has 11 heteroatoms. The molecule has 4 fully saturated rings. The van der Waals surface area contributed by atoms with Crippen LogP contribution in [0.4, 0.5) is 0 Å². The molecule has 2 aliphatic carbocycles. The van der Waals surface area contributed by atoms with Gasteiger partial charge in [-0.1, -0.05) is 27.7 Å². The number of ether oxygens (including phenoxy) is 2. The number of hydrogen-bond donors (Lipinski definition) is 6. The summed E-state index contributed by atoms with van der Waals surface area (Å²) in [5, 5.41) is 56.8. The summed E-state index contributed by atoms with van der Waals surface area (Å²) in [4.78, 5) is 34.8. The number of carbonyl (C=O) groups excluding carboxylic acids is 3. The van der Waals surface area contributed by atoms with Gasteiger partial charge in [-0.15, -0.1) is 0 Å². The standard InChI is InChI=1S/C18H25NO10/c1-13(2)15(24)11(29-18(27)14(3,4)17(18,26)16(13,15)25)7(20)5-10(22)28-8-6-9(21)19-12(8)23/h7-8,11,20,24-27H,5-6H2,1-4H3,(H,19,21,23)/t7?,8?,11-,15-,16+,17-,18+/m1/s1. The number of imide groups is 1. The van der Waals surface area contributed by atoms with E-state index in [1.54, 1.807) is 0 Å². The molecule has 11 nitrogen and oxygen atoms in total. The van der Waals surface area contributed by atoms with E-state index >= 15 is 0 Å². The van der Waals surface area contributed by atoms with Crippen LogP contribution in [-0.4, -0.2) is 84.2 Å². The molecule has 2 heterocycles. The van der Waals surface area contributed by atoms with E-state index in [1.807, 2.05) is 5.32 Å². The molecule has 2 saturated heterocycles. The van der Waals surface area contributed by atoms with Crippen LogP contribution in [0.15, 0.2) is 0 Å². The number of aliphatic hydroxyl groups excluding tert-OH is 1. The lowest BCUT2D eigenvalue weighted by molar-refractivity contribution is -0.301. The molecule has 162 valence electrons. The molecule has 2 saturated carbocycles. The number of nitrogens with one attached hydrogen (secondary N) is 1. The van der Waals surface area contributed by atoms with Crippen molar-refractivity contribution in [2.45, 2.75) is 81.4 Å². The molecule has 0 spiro atoms. The largest absolute Gasteiger partial charge is 0.452 e. The summed E-state index contributed by atoms with van der Waals surface area (Å²) >= 11 is 0. The average Bonchev–Trinajstić information content (AvgIpc) is 3.00. The zero-order valence-corrected chi connectivity index (χ0v) is 16.4. The lowest BCUT2D eigenvalue weighted by atomic mass is 9.91. The predicted octanol–water partition coefficient (Wildman–Crippen LogP) is -2.94. The van der Waals surface area contributed by atoms with Crippen molar-refractivity contribution < 1.29 is 49.4 Å². The van der Waals surface area contributed by atoms with Crippen molar-refractivity contribution in [1.29, 1.82) is 0 Å². The third kappa shape index (κ3) is 1.84. The molecule has 2 aliphatic heterocycles. The first-order valence-corrected chi connectivity index (χ1v) is 9.33. The number of rotatable bonds is 4. The van der Waals surface area contributed by atoms with Crippen LogP contribution in [0.25, 0.3) is 0 Å². The highest BCUT2D eigenvalue weighted by Crippen LogP contribution is 2.87. The molecule has 29 heavy (non-hydrogen) atoms. The van der Waals surface area contributed by atoms with Crippen LogP contribution >= 0.6 is 0 Å². The second kappa shape index (κ2) is 5.16. The lowest BCUT2D eigenvalue weighted by Crippen LogP contribution is -2.60. The van der Waals surface area contributed by atoms with E-state index in [0.29, 0.717) is 0 Å². The molecule has 4 aliphatic rings. The number of aliphatic hydroxyl groups is 5. The Morgan fingerprint density at radius 1 is 1.14 bits per heavy atom. The molecular weight excluding hydrogens is 390 g/mol. The van der Waals surface area contributed by atoms with Gasteiger partial charge in [-0.25, -0.2) is 0 Å². The molecule has 0 aromatic carbocycles. The van der Waals surface area contributed by atoms with Gasteiger partial charge in [0.25, 0.3) is 5.91 Å². The van der Waals surface area contributed by atoms with Crippen molar-refractivity contribution in [1.82, 2.24) is 5.32 Å². The summed E-state index contributed by atoms with van der Waals surface area (Å²) in [6.45, 7) is 5.78. The van der Waals surface area contributed by atoms with Gasteiger partial charge < -0.3 is 35.0 Å². The molecule has 7 atom stereocenters. The Kier molecular flexibility index (Phi) is 3.67. The van der Waals surface area contributed by atoms with Gasteiger partial charge in [0.1, 0.15) is 17.3 Å². The molecule has 2 unspecified atom stereocenters. The van der Waals surface area contributed by atoms with Gasteiger partial charge in [-0.05, 0) is 0 Å². The van der Waals surface area contributed by atoms with E-state index in [-0.39, 0.29) is 6.42 Å². The zero-order valence-electron chi connectivity index (χ0n) is 16.4. The van der Waals surface area contributed by atoms with Crippen LogP contribution in [0.1, 0.15) is 40.5 Å². The van der Waals surface area contributed by atoms with Gasteiger partial charge in [0.2, 0.25) is 11.7 Å². The molecule has 0 bridgehead atoms. The van der Waals surface area contributed by atoms with Crippen molar-refractivity contribution in [3.8, 4) is 0 Å². The summed E-state index contributed by atoms with van der Waals surface area (Å²) in [5.74, 6) is -4.67. The minimum Gasteiger partial charge on any atom is -0.452 e. The second-order valence-electron chi connectivity index (χ2n) is 9.49. The maximum atomic E-state index is 12.1. The first-order chi connectivity index (χ1) is 13.0. The van der Waals surface area contributed by atoms with Gasteiger partial charge in [0, 0.05) is 5.41 Å². The number of amides is 2. The van der Waals surface area contributed by atoms with Crippen LogP contribution < -0.4 is 5.32 Å². The minimum atomic E-state index is -2.26. The highest BCUT2D eigenvalue weighted by atomic mass is 16.7. The molecule has 0 aromatic rings. The van der Waals surface area contributed by atoms with Gasteiger partial charge in [0.05, 0.1) is 24.4 Å². The molecule has 6 N–H and O–H groups in total. The van der Waals surface area contributed by atoms with Crippen molar-refractivity contribution >= 4 is 17.8 Å². The van der Waals surface area contributed by atoms with Crippen molar-refractivity contribution in [3.05, 3.63) is 0 Å². The van der Waals surface area contributed by atoms with Gasteiger partial charge in [-0.3, -0.25) is 19.7 Å². The molecule has 4 rings (SSSR count). The Hall–Kier alpha value is -1.63. The van der Waals surface area contributed by atoms with E-state index < -0.39 is 75.9 Å². The topological polar surface area (TPSA) is 183 Å². The Balaban J connectivity index is 1.55. The third-order valence-electron chi connectivity index (χ3n) is 7.68. The van der Waals surface area contributed by atoms with Crippen LogP contribution in [0.5, 0.6) is 0 Å². The summed E-state index contributed by atoms with van der Waals surface area (Å²) in [6.07, 6.45) is -5.78. The number of hydrogen-bond acceptors (Lipinski definition) is 10. The van der Waals surface area contributed by atoms with Crippen LogP contribution in [0.2, 0.25) is 0 Å². The fraction of sp³-hybridized carbons (Fsp3) is 0.833. The minimum absolute atomic E-state index is 0.335. The van der Waals surface area contributed by atoms with Crippen LogP contribution in [0, 0.1) is 10.8 Å². The maximum Gasteiger partial charge on any atom is 0.309 e. The predicted molar refractivity (Wildman–Crippen MR) is 90.5 cm³/mol. The van der Waals surface area contributed by atoms with Crippen LogP contribution in [-0.2, 0) is 23.9 Å². The molecule has 2 amide bonds. The quantitative estimate of drug-likeness (QED) is 0.205. The highest BCUT2D eigenvalue weighted by Gasteiger charge is 3.08. The van der Waals surface area contributed by atoms with Crippen molar-refractivity contribution in [2.75, 3.05) is 0 Å². The third-order valence-corrected chi connectivity index (χ3v) is 7.68. The summed E-state index contributed by atoms with van der Waals surface area (Å²) in [7, 11) is 0. The second-order valence-corrected chi connectivity index (χ2v) is 9.49. The van der Waals surface area contributed by atoms with Gasteiger partial charge >= 0.3 is 5.97 Å². The van der Waals surface area contributed by atoms with E-state index in [2.05, 4.69) is 0 Å². The fourth-order valence-corrected chi connectivity index (χ4v) is 5.61. The van der Waals surface area contributed by atoms with E-state index in [0.717, 1.165) is 0 Å². The zero-order chi connectivity index (χ0) is 22.0. The summed E-state index contributed by atoms with van der Waals surface area (Å²) < 4.78 is 10.4. The summed E-state index contributed by atoms with van der Waals surface area (Å²) in [5.41, 5.74) is -9.33. The number of esters is 1. The number of fused-ring (bicyclic) bond motifs is 3. The molecular formula is C18H25NO10. The van der Waals surface area contributed by atoms with Crippen molar-refractivity contribution in [2.24, 2.45) is 10.8 Å². The maximum absolute atomic E-state index is 12.1. The van der Waals surface area contributed by atoms with E-state index in [9.17, 15) is 39.9 Å². The normalized spacial score (nSPS) is 49.6. The molecule has 0 aromatic heterocycles. The Morgan fingerprint density at radius 3 is 2.24 bits per heavy atom. The van der Waals surface area contributed by atoms with E-state index in [1.165, 1.54) is 27.7 Å². The summed E-state index contributed by atoms with van der Waals surface area (Å²) in [6, 6.07) is 0. The Labute approximate surface area is 165 Å². The lowest BCUT2D eigenvalue weighted by Gasteiger charge is -2.38. The first-order valence-electron chi connectivity index (χ1n) is 9.33. The van der Waals surface area contributed by atoms with E-state index in [4.69, 9.17) is 9.47 Å². The highest BCUT2D eigenvalue weighted by molar-refractivity contribution is 6.05. The van der Waals surface area contributed by atoms with Crippen LogP contribution in [0.3, 0.4) is 0 Å². The SMILES string of the molecule is CC1(C)[C@@]2(O)[C@]3(O)C(C)(C)[C@]3(O)[C@@H](C(O)CC(=O)OC3CC(=O)NC3=O)O[C@@]12O.